The Hall–Kier alpha value is -1.84. The molecule has 0 saturated carbocycles. The molecule has 1 aliphatic heterocycles. The molecule has 0 aromatic carbocycles. The van der Waals surface area contributed by atoms with Crippen molar-refractivity contribution in [2.45, 2.75) is 6.92 Å². The fourth-order valence-corrected chi connectivity index (χ4v) is 1.17. The molecule has 66 valence electrons. The van der Waals surface area contributed by atoms with Gasteiger partial charge in [-0.2, -0.15) is 0 Å². The average Bonchev–Trinajstić information content (AvgIpc) is 2.03. The molecule has 2 heterocycles. The second kappa shape index (κ2) is 2.58. The largest absolute Gasteiger partial charge is 0.480 e. The minimum atomic E-state index is -0.497. The lowest BCUT2D eigenvalue weighted by molar-refractivity contribution is -0.142. The van der Waals surface area contributed by atoms with Gasteiger partial charge in [-0.25, -0.2) is 4.79 Å². The van der Waals surface area contributed by atoms with Crippen molar-refractivity contribution in [3.8, 4) is 0 Å². The van der Waals surface area contributed by atoms with E-state index in [0.717, 1.165) is 5.69 Å². The molecular weight excluding hydrogens is 170 g/mol. The first-order valence-electron chi connectivity index (χ1n) is 3.77. The minimum Gasteiger partial charge on any atom is -0.480 e. The molecule has 4 heteroatoms. The fraction of sp³-hybridized carbons (Fsp3) is 0.111. The molecule has 1 N–H and O–H groups in total. The standard InChI is InChI=1S/C9H7NO3/c1-5-4-6(2-3-10-5)7-8(11)13-9(7)12/h2-4,11H,1H3. The fourth-order valence-electron chi connectivity index (χ4n) is 1.17. The van der Waals surface area contributed by atoms with Crippen LogP contribution in [0.4, 0.5) is 0 Å². The van der Waals surface area contributed by atoms with Crippen LogP contribution >= 0.6 is 0 Å². The number of aromatic nitrogens is 1. The molecule has 1 aliphatic rings. The van der Waals surface area contributed by atoms with E-state index in [0.29, 0.717) is 5.56 Å². The van der Waals surface area contributed by atoms with E-state index in [-0.39, 0.29) is 11.5 Å². The summed E-state index contributed by atoms with van der Waals surface area (Å²) in [6.45, 7) is 1.81. The number of carbonyl (C=O) groups is 1. The van der Waals surface area contributed by atoms with Crippen LogP contribution in [-0.2, 0) is 9.53 Å². The van der Waals surface area contributed by atoms with Crippen LogP contribution < -0.4 is 0 Å². The molecule has 1 aromatic heterocycles. The van der Waals surface area contributed by atoms with E-state index in [9.17, 15) is 4.79 Å². The van der Waals surface area contributed by atoms with Crippen molar-refractivity contribution in [1.82, 2.24) is 4.98 Å². The first-order chi connectivity index (χ1) is 6.18. The number of hydrogen-bond donors (Lipinski definition) is 1. The molecule has 0 saturated heterocycles. The van der Waals surface area contributed by atoms with Gasteiger partial charge in [0.1, 0.15) is 5.57 Å². The number of esters is 1. The summed E-state index contributed by atoms with van der Waals surface area (Å²) in [5.41, 5.74) is 1.66. The van der Waals surface area contributed by atoms with Crippen LogP contribution in [0.3, 0.4) is 0 Å². The van der Waals surface area contributed by atoms with E-state index in [2.05, 4.69) is 9.72 Å². The quantitative estimate of drug-likeness (QED) is 0.654. The molecule has 0 spiro atoms. The van der Waals surface area contributed by atoms with Crippen molar-refractivity contribution in [3.63, 3.8) is 0 Å². The maximum absolute atomic E-state index is 10.9. The number of hydrogen-bond acceptors (Lipinski definition) is 4. The summed E-state index contributed by atoms with van der Waals surface area (Å²) >= 11 is 0. The van der Waals surface area contributed by atoms with Crippen LogP contribution in [0.2, 0.25) is 0 Å². The molecule has 0 unspecified atom stereocenters. The van der Waals surface area contributed by atoms with Gasteiger partial charge in [0.25, 0.3) is 0 Å². The Morgan fingerprint density at radius 1 is 1.54 bits per heavy atom. The van der Waals surface area contributed by atoms with Gasteiger partial charge in [0, 0.05) is 11.9 Å². The second-order valence-electron chi connectivity index (χ2n) is 2.76. The van der Waals surface area contributed by atoms with E-state index in [1.54, 1.807) is 18.3 Å². The predicted octanol–water partition coefficient (Wildman–Crippen LogP) is 1.17. The van der Waals surface area contributed by atoms with Gasteiger partial charge in [-0.05, 0) is 24.6 Å². The predicted molar refractivity (Wildman–Crippen MR) is 44.6 cm³/mol. The molecule has 0 radical (unpaired) electrons. The summed E-state index contributed by atoms with van der Waals surface area (Å²) in [4.78, 5) is 14.9. The van der Waals surface area contributed by atoms with Gasteiger partial charge >= 0.3 is 11.9 Å². The Morgan fingerprint density at radius 2 is 2.31 bits per heavy atom. The first-order valence-corrected chi connectivity index (χ1v) is 3.77. The van der Waals surface area contributed by atoms with E-state index in [4.69, 9.17) is 5.11 Å². The zero-order valence-corrected chi connectivity index (χ0v) is 6.94. The number of aliphatic hydroxyl groups is 1. The van der Waals surface area contributed by atoms with Crippen LogP contribution in [0.5, 0.6) is 0 Å². The third-order valence-corrected chi connectivity index (χ3v) is 1.79. The van der Waals surface area contributed by atoms with Crippen molar-refractivity contribution in [3.05, 3.63) is 35.5 Å². The highest BCUT2D eigenvalue weighted by molar-refractivity contribution is 6.21. The molecule has 0 bridgehead atoms. The molecule has 2 rings (SSSR count). The summed E-state index contributed by atoms with van der Waals surface area (Å²) in [5, 5.41) is 9.04. The number of aryl methyl sites for hydroxylation is 1. The SMILES string of the molecule is Cc1cc(C2=C(O)OC2=O)ccn1. The zero-order valence-electron chi connectivity index (χ0n) is 6.94. The van der Waals surface area contributed by atoms with E-state index >= 15 is 0 Å². The number of carbonyl (C=O) groups excluding carboxylic acids is 1. The Balaban J connectivity index is 2.48. The average molecular weight is 177 g/mol. The number of ether oxygens (including phenoxy) is 1. The van der Waals surface area contributed by atoms with Crippen LogP contribution in [0.25, 0.3) is 5.57 Å². The lowest BCUT2D eigenvalue weighted by Gasteiger charge is -2.16. The topological polar surface area (TPSA) is 59.4 Å². The van der Waals surface area contributed by atoms with Crippen molar-refractivity contribution >= 4 is 11.5 Å². The lowest BCUT2D eigenvalue weighted by Crippen LogP contribution is -2.20. The monoisotopic (exact) mass is 177 g/mol. The first kappa shape index (κ1) is 7.79. The van der Waals surface area contributed by atoms with Gasteiger partial charge in [-0.3, -0.25) is 4.98 Å². The van der Waals surface area contributed by atoms with Crippen LogP contribution in [0.1, 0.15) is 11.3 Å². The van der Waals surface area contributed by atoms with Crippen molar-refractivity contribution in [1.29, 1.82) is 0 Å². The third kappa shape index (κ3) is 1.16. The van der Waals surface area contributed by atoms with Crippen LogP contribution in [0, 0.1) is 6.92 Å². The third-order valence-electron chi connectivity index (χ3n) is 1.79. The maximum Gasteiger partial charge on any atom is 0.353 e. The number of cyclic esters (lactones) is 1. The Bertz CT molecular complexity index is 409. The van der Waals surface area contributed by atoms with Crippen LogP contribution in [-0.4, -0.2) is 16.1 Å². The second-order valence-corrected chi connectivity index (χ2v) is 2.76. The number of pyridine rings is 1. The summed E-state index contributed by atoms with van der Waals surface area (Å²) in [6, 6.07) is 3.37. The Morgan fingerprint density at radius 3 is 2.85 bits per heavy atom. The number of nitrogens with zero attached hydrogens (tertiary/aromatic N) is 1. The molecule has 1 aromatic rings. The van der Waals surface area contributed by atoms with E-state index < -0.39 is 5.97 Å². The number of aliphatic hydroxyl groups excluding tert-OH is 1. The maximum atomic E-state index is 10.9. The summed E-state index contributed by atoms with van der Waals surface area (Å²) in [5.74, 6) is -0.807. The zero-order chi connectivity index (χ0) is 9.42. The molecule has 0 amide bonds. The van der Waals surface area contributed by atoms with Crippen molar-refractivity contribution in [2.75, 3.05) is 0 Å². The molecule has 0 atom stereocenters. The minimum absolute atomic E-state index is 0.227. The normalized spacial score (nSPS) is 15.3. The summed E-state index contributed by atoms with van der Waals surface area (Å²) in [7, 11) is 0. The molecule has 4 nitrogen and oxygen atoms in total. The highest BCUT2D eigenvalue weighted by atomic mass is 16.6. The highest BCUT2D eigenvalue weighted by Gasteiger charge is 2.31. The van der Waals surface area contributed by atoms with Gasteiger partial charge in [-0.15, -0.1) is 0 Å². The smallest absolute Gasteiger partial charge is 0.353 e. The highest BCUT2D eigenvalue weighted by Crippen LogP contribution is 2.28. The van der Waals surface area contributed by atoms with Gasteiger partial charge in [-0.1, -0.05) is 0 Å². The van der Waals surface area contributed by atoms with E-state index in [1.165, 1.54) is 0 Å². The summed E-state index contributed by atoms with van der Waals surface area (Å²) < 4.78 is 4.32. The summed E-state index contributed by atoms with van der Waals surface area (Å²) in [6.07, 6.45) is 1.58. The van der Waals surface area contributed by atoms with Gasteiger partial charge in [0.2, 0.25) is 0 Å². The molecule has 0 fully saturated rings. The van der Waals surface area contributed by atoms with Crippen molar-refractivity contribution in [2.24, 2.45) is 0 Å². The molecular formula is C9H7NO3. The van der Waals surface area contributed by atoms with Gasteiger partial charge in [0.15, 0.2) is 0 Å². The molecule has 13 heavy (non-hydrogen) atoms. The van der Waals surface area contributed by atoms with Crippen LogP contribution in [0.15, 0.2) is 24.3 Å². The lowest BCUT2D eigenvalue weighted by atomic mass is 10.1. The Kier molecular flexibility index (Phi) is 1.55. The van der Waals surface area contributed by atoms with Gasteiger partial charge < -0.3 is 9.84 Å². The number of rotatable bonds is 1. The van der Waals surface area contributed by atoms with E-state index in [1.807, 2.05) is 6.92 Å². The Labute approximate surface area is 74.5 Å². The van der Waals surface area contributed by atoms with Crippen molar-refractivity contribution < 1.29 is 14.6 Å². The molecule has 0 aliphatic carbocycles. The van der Waals surface area contributed by atoms with Gasteiger partial charge in [0.05, 0.1) is 0 Å².